The van der Waals surface area contributed by atoms with Gasteiger partial charge < -0.3 is 21.5 Å². The first-order valence-electron chi connectivity index (χ1n) is 11.4. The van der Waals surface area contributed by atoms with Crippen molar-refractivity contribution in [2.24, 2.45) is 11.5 Å². The minimum atomic E-state index is -0.664. The zero-order valence-electron chi connectivity index (χ0n) is 20.2. The van der Waals surface area contributed by atoms with Crippen LogP contribution < -0.4 is 26.8 Å². The predicted molar refractivity (Wildman–Crippen MR) is 142 cm³/mol. The van der Waals surface area contributed by atoms with Gasteiger partial charge in [-0.1, -0.05) is 37.6 Å². The molecule has 0 atom stereocenters. The van der Waals surface area contributed by atoms with Gasteiger partial charge in [0.05, 0.1) is 22.1 Å². The number of carbonyl (C=O) groups excluding carboxylic acids is 2. The van der Waals surface area contributed by atoms with Gasteiger partial charge in [-0.25, -0.2) is 9.48 Å². The molecule has 190 valence electrons. The number of halogens is 1. The quantitative estimate of drug-likeness (QED) is 0.256. The van der Waals surface area contributed by atoms with Gasteiger partial charge in [-0.15, -0.1) is 0 Å². The topological polar surface area (TPSA) is 150 Å². The number of hydrogen-bond acceptors (Lipinski definition) is 6. The van der Waals surface area contributed by atoms with Crippen LogP contribution in [0, 0.1) is 0 Å². The van der Waals surface area contributed by atoms with E-state index < -0.39 is 11.9 Å². The second-order valence-corrected chi connectivity index (χ2v) is 8.87. The summed E-state index contributed by atoms with van der Waals surface area (Å²) in [5.41, 5.74) is 14.0. The number of nitrogens with zero attached hydrogens (tertiary/aromatic N) is 3. The maximum atomic E-state index is 12.9. The van der Waals surface area contributed by atoms with E-state index in [1.807, 2.05) is 44.2 Å². The van der Waals surface area contributed by atoms with Crippen LogP contribution in [0.2, 0.25) is 5.02 Å². The number of ether oxygens (including phenoxy) is 1. The Kier molecular flexibility index (Phi) is 7.71. The van der Waals surface area contributed by atoms with Crippen LogP contribution in [0.5, 0.6) is 11.5 Å². The molecule has 0 bridgehead atoms. The molecule has 2 aromatic heterocycles. The number of rotatable bonds is 8. The van der Waals surface area contributed by atoms with Crippen molar-refractivity contribution in [1.29, 1.82) is 0 Å². The third-order valence-electron chi connectivity index (χ3n) is 5.36. The number of urea groups is 1. The molecule has 0 aliphatic carbocycles. The lowest BCUT2D eigenvalue weighted by Crippen LogP contribution is -2.21. The molecule has 0 spiro atoms. The number of pyridine rings is 1. The molecule has 6 N–H and O–H groups in total. The van der Waals surface area contributed by atoms with Crippen molar-refractivity contribution in [3.8, 4) is 17.2 Å². The molecule has 4 aromatic rings. The molecule has 0 saturated carbocycles. The lowest BCUT2D eigenvalue weighted by atomic mass is 10.1. The molecule has 0 aliphatic rings. The van der Waals surface area contributed by atoms with Crippen LogP contribution >= 0.6 is 11.6 Å². The Bertz CT molecular complexity index is 1450. The van der Waals surface area contributed by atoms with Crippen LogP contribution in [0.4, 0.5) is 16.3 Å². The van der Waals surface area contributed by atoms with Gasteiger partial charge in [-0.3, -0.25) is 15.1 Å². The molecule has 3 amide bonds. The van der Waals surface area contributed by atoms with E-state index in [1.54, 1.807) is 28.9 Å². The lowest BCUT2D eigenvalue weighted by Gasteiger charge is -2.13. The first kappa shape index (κ1) is 25.7. The Morgan fingerprint density at radius 3 is 2.54 bits per heavy atom. The molecule has 10 nitrogen and oxygen atoms in total. The van der Waals surface area contributed by atoms with Crippen LogP contribution in [0.25, 0.3) is 5.69 Å². The molecule has 2 aromatic carbocycles. The zero-order valence-corrected chi connectivity index (χ0v) is 21.0. The van der Waals surface area contributed by atoms with E-state index in [0.717, 1.165) is 16.9 Å². The average molecular weight is 520 g/mol. The Morgan fingerprint density at radius 2 is 1.84 bits per heavy atom. The van der Waals surface area contributed by atoms with Crippen molar-refractivity contribution >= 4 is 35.0 Å². The van der Waals surface area contributed by atoms with Gasteiger partial charge in [0.2, 0.25) is 0 Å². The van der Waals surface area contributed by atoms with E-state index in [2.05, 4.69) is 20.7 Å². The number of hydrogen-bond donors (Lipinski definition) is 4. The summed E-state index contributed by atoms with van der Waals surface area (Å²) < 4.78 is 7.40. The number of carbonyl (C=O) groups is 2. The largest absolute Gasteiger partial charge is 0.457 e. The van der Waals surface area contributed by atoms with Crippen LogP contribution in [-0.2, 0) is 6.54 Å². The van der Waals surface area contributed by atoms with Crippen molar-refractivity contribution in [3.63, 3.8) is 0 Å². The van der Waals surface area contributed by atoms with E-state index in [4.69, 9.17) is 27.8 Å². The molecule has 2 heterocycles. The Hall–Kier alpha value is -4.41. The molecule has 0 aliphatic heterocycles. The van der Waals surface area contributed by atoms with Crippen molar-refractivity contribution < 1.29 is 14.3 Å². The number of aromatic nitrogens is 3. The third kappa shape index (κ3) is 6.24. The fourth-order valence-corrected chi connectivity index (χ4v) is 3.68. The summed E-state index contributed by atoms with van der Waals surface area (Å²) in [6, 6.07) is 16.7. The molecule has 0 unspecified atom stereocenters. The van der Waals surface area contributed by atoms with Crippen molar-refractivity contribution in [1.82, 2.24) is 14.8 Å². The number of amides is 3. The highest BCUT2D eigenvalue weighted by molar-refractivity contribution is 6.34. The van der Waals surface area contributed by atoms with Gasteiger partial charge in [-0.2, -0.15) is 5.10 Å². The second-order valence-electron chi connectivity index (χ2n) is 8.46. The summed E-state index contributed by atoms with van der Waals surface area (Å²) in [6.45, 7) is 4.44. The van der Waals surface area contributed by atoms with Gasteiger partial charge in [0.15, 0.2) is 0 Å². The minimum Gasteiger partial charge on any atom is -0.457 e. The number of benzene rings is 2. The fraction of sp³-hybridized carbons (Fsp3) is 0.154. The molecule has 11 heteroatoms. The van der Waals surface area contributed by atoms with E-state index >= 15 is 0 Å². The molecule has 0 radical (unpaired) electrons. The minimum absolute atomic E-state index is 0.0770. The first-order chi connectivity index (χ1) is 17.7. The van der Waals surface area contributed by atoms with Gasteiger partial charge >= 0.3 is 6.03 Å². The van der Waals surface area contributed by atoms with Gasteiger partial charge in [0.25, 0.3) is 5.91 Å². The average Bonchev–Trinajstić information content (AvgIpc) is 3.30. The third-order valence-corrected chi connectivity index (χ3v) is 5.67. The number of nitrogens with one attached hydrogen (secondary N) is 2. The standard InChI is InChI=1S/C26H26ClN7O3/c1-15(2)22-13-24(34(33-22)17-5-3-4-16(10-17)14-28)32-26(36)31-21-7-6-18(11-20(21)27)37-19-8-9-30-23(12-19)25(29)35/h3-13,15H,14,28H2,1-2H3,(H2,29,35)(H2,31,32,36). The summed E-state index contributed by atoms with van der Waals surface area (Å²) in [6.07, 6.45) is 1.42. The van der Waals surface area contributed by atoms with Gasteiger partial charge in [0.1, 0.15) is 23.0 Å². The number of primary amides is 1. The van der Waals surface area contributed by atoms with E-state index in [-0.39, 0.29) is 16.6 Å². The maximum Gasteiger partial charge on any atom is 0.324 e. The smallest absolute Gasteiger partial charge is 0.324 e. The first-order valence-corrected chi connectivity index (χ1v) is 11.8. The van der Waals surface area contributed by atoms with Crippen molar-refractivity contribution in [2.45, 2.75) is 26.3 Å². The molecular weight excluding hydrogens is 494 g/mol. The molecule has 4 rings (SSSR count). The van der Waals surface area contributed by atoms with E-state index in [1.165, 1.54) is 12.3 Å². The fourth-order valence-electron chi connectivity index (χ4n) is 3.46. The Morgan fingerprint density at radius 1 is 1.05 bits per heavy atom. The summed E-state index contributed by atoms with van der Waals surface area (Å²) in [4.78, 5) is 28.1. The highest BCUT2D eigenvalue weighted by Crippen LogP contribution is 2.30. The number of nitrogens with two attached hydrogens (primary N) is 2. The Balaban J connectivity index is 1.50. The Labute approximate surface area is 218 Å². The highest BCUT2D eigenvalue weighted by atomic mass is 35.5. The molecule has 0 saturated heterocycles. The zero-order chi connectivity index (χ0) is 26.5. The predicted octanol–water partition coefficient (Wildman–Crippen LogP) is 5.04. The number of anilines is 2. The normalized spacial score (nSPS) is 10.8. The van der Waals surface area contributed by atoms with E-state index in [9.17, 15) is 9.59 Å². The summed E-state index contributed by atoms with van der Waals surface area (Å²) in [5, 5.41) is 10.5. The molecular formula is C26H26ClN7O3. The van der Waals surface area contributed by atoms with Crippen molar-refractivity contribution in [2.75, 3.05) is 10.6 Å². The molecule has 0 fully saturated rings. The van der Waals surface area contributed by atoms with Crippen LogP contribution in [0.3, 0.4) is 0 Å². The van der Waals surface area contributed by atoms with E-state index in [0.29, 0.717) is 29.5 Å². The maximum absolute atomic E-state index is 12.9. The summed E-state index contributed by atoms with van der Waals surface area (Å²) in [7, 11) is 0. The van der Waals surface area contributed by atoms with Gasteiger partial charge in [-0.05, 0) is 41.8 Å². The highest BCUT2D eigenvalue weighted by Gasteiger charge is 2.16. The monoisotopic (exact) mass is 519 g/mol. The SMILES string of the molecule is CC(C)c1cc(NC(=O)Nc2ccc(Oc3ccnc(C(N)=O)c3)cc2Cl)n(-c2cccc(CN)c2)n1. The van der Waals surface area contributed by atoms with Crippen LogP contribution in [0.1, 0.15) is 41.5 Å². The van der Waals surface area contributed by atoms with Crippen LogP contribution in [-0.4, -0.2) is 26.7 Å². The lowest BCUT2D eigenvalue weighted by molar-refractivity contribution is 0.0995. The summed E-state index contributed by atoms with van der Waals surface area (Å²) in [5.74, 6) is 0.754. The van der Waals surface area contributed by atoms with Crippen molar-refractivity contribution in [3.05, 3.63) is 88.8 Å². The van der Waals surface area contributed by atoms with Gasteiger partial charge in [0, 0.05) is 30.9 Å². The molecule has 37 heavy (non-hydrogen) atoms. The summed E-state index contributed by atoms with van der Waals surface area (Å²) >= 11 is 6.39. The van der Waals surface area contributed by atoms with Crippen LogP contribution in [0.15, 0.2) is 66.9 Å². The second kappa shape index (κ2) is 11.1.